The minimum Gasteiger partial charge on any atom is -0.391 e. The average molecular weight is 295 g/mol. The van der Waals surface area contributed by atoms with Crippen molar-refractivity contribution in [1.82, 2.24) is 19.7 Å². The lowest BCUT2D eigenvalue weighted by Gasteiger charge is -2.11. The summed E-state index contributed by atoms with van der Waals surface area (Å²) in [4.78, 5) is 8.62. The predicted octanol–water partition coefficient (Wildman–Crippen LogP) is 2.00. The summed E-state index contributed by atoms with van der Waals surface area (Å²) in [5, 5.41) is 18.5. The number of nitrogens with zero attached hydrogens (tertiary/aromatic N) is 4. The van der Waals surface area contributed by atoms with Gasteiger partial charge >= 0.3 is 0 Å². The predicted molar refractivity (Wildman–Crippen MR) is 83.9 cm³/mol. The van der Waals surface area contributed by atoms with Crippen LogP contribution in [0.2, 0.25) is 0 Å². The lowest BCUT2D eigenvalue weighted by Crippen LogP contribution is -2.21. The summed E-state index contributed by atoms with van der Waals surface area (Å²) >= 11 is 0. The molecular formula is C16H17N5O. The minimum absolute atomic E-state index is 0.311. The largest absolute Gasteiger partial charge is 0.391 e. The van der Waals surface area contributed by atoms with Gasteiger partial charge in [0, 0.05) is 6.54 Å². The maximum absolute atomic E-state index is 9.98. The fraction of sp³-hybridized carbons (Fsp3) is 0.312. The molecule has 0 saturated heterocycles. The highest BCUT2D eigenvalue weighted by Crippen LogP contribution is 2.32. The van der Waals surface area contributed by atoms with Gasteiger partial charge in [-0.25, -0.2) is 14.6 Å². The van der Waals surface area contributed by atoms with Crippen LogP contribution in [0.3, 0.4) is 0 Å². The Labute approximate surface area is 127 Å². The van der Waals surface area contributed by atoms with Crippen molar-refractivity contribution in [2.75, 3.05) is 11.9 Å². The van der Waals surface area contributed by atoms with Gasteiger partial charge in [-0.15, -0.1) is 0 Å². The Bertz CT molecular complexity index is 782. The molecule has 0 aliphatic heterocycles. The molecule has 0 unspecified atom stereocenters. The Hall–Kier alpha value is -2.47. The van der Waals surface area contributed by atoms with E-state index in [0.717, 1.165) is 29.6 Å². The van der Waals surface area contributed by atoms with Crippen molar-refractivity contribution in [3.63, 3.8) is 0 Å². The van der Waals surface area contributed by atoms with Gasteiger partial charge in [0.15, 0.2) is 5.65 Å². The van der Waals surface area contributed by atoms with E-state index in [1.165, 1.54) is 6.33 Å². The third-order valence-electron chi connectivity index (χ3n) is 4.01. The lowest BCUT2D eigenvalue weighted by atomic mass is 10.2. The van der Waals surface area contributed by atoms with E-state index in [4.69, 9.17) is 0 Å². The summed E-state index contributed by atoms with van der Waals surface area (Å²) in [6, 6.07) is 9.87. The van der Waals surface area contributed by atoms with E-state index in [-0.39, 0.29) is 6.10 Å². The Balaban J connectivity index is 1.64. The Morgan fingerprint density at radius 3 is 2.82 bits per heavy atom. The van der Waals surface area contributed by atoms with E-state index >= 15 is 0 Å². The van der Waals surface area contributed by atoms with Crippen molar-refractivity contribution in [3.8, 4) is 5.69 Å². The second-order valence-electron chi connectivity index (χ2n) is 5.64. The van der Waals surface area contributed by atoms with E-state index in [9.17, 15) is 5.11 Å². The molecule has 1 aromatic carbocycles. The Kier molecular flexibility index (Phi) is 3.23. The molecule has 6 nitrogen and oxygen atoms in total. The zero-order valence-corrected chi connectivity index (χ0v) is 12.1. The van der Waals surface area contributed by atoms with Crippen LogP contribution in [0.4, 0.5) is 5.82 Å². The summed E-state index contributed by atoms with van der Waals surface area (Å²) in [6.07, 6.45) is 5.21. The van der Waals surface area contributed by atoms with Crippen LogP contribution in [0.25, 0.3) is 16.7 Å². The zero-order chi connectivity index (χ0) is 14.9. The van der Waals surface area contributed by atoms with Crippen molar-refractivity contribution in [1.29, 1.82) is 0 Å². The van der Waals surface area contributed by atoms with E-state index in [2.05, 4.69) is 20.4 Å². The molecule has 1 fully saturated rings. The van der Waals surface area contributed by atoms with Crippen LogP contribution in [-0.4, -0.2) is 37.5 Å². The van der Waals surface area contributed by atoms with Gasteiger partial charge in [0.25, 0.3) is 0 Å². The third kappa shape index (κ3) is 2.42. The van der Waals surface area contributed by atoms with Gasteiger partial charge in [-0.3, -0.25) is 0 Å². The quantitative estimate of drug-likeness (QED) is 0.753. The first-order valence-electron chi connectivity index (χ1n) is 7.49. The first-order chi connectivity index (χ1) is 10.8. The summed E-state index contributed by atoms with van der Waals surface area (Å²) in [5.74, 6) is 1.16. The first-order valence-corrected chi connectivity index (χ1v) is 7.49. The molecule has 6 heteroatoms. The van der Waals surface area contributed by atoms with Gasteiger partial charge < -0.3 is 10.4 Å². The standard InChI is InChI=1S/C16H17N5O/c22-14(11-6-7-11)9-17-15-13-8-20-21(16(13)19-10-18-15)12-4-2-1-3-5-12/h1-5,8,10-11,14,22H,6-7,9H2,(H,17,18,19)/t14-/m0/s1. The number of benzene rings is 1. The second-order valence-corrected chi connectivity index (χ2v) is 5.64. The number of aromatic nitrogens is 4. The van der Waals surface area contributed by atoms with Gasteiger partial charge in [-0.1, -0.05) is 18.2 Å². The molecule has 22 heavy (non-hydrogen) atoms. The molecule has 1 aliphatic carbocycles. The molecule has 112 valence electrons. The molecule has 2 aromatic heterocycles. The zero-order valence-electron chi connectivity index (χ0n) is 12.1. The molecule has 2 heterocycles. The molecule has 4 rings (SSSR count). The SMILES string of the molecule is O[C@@H](CNc1ncnc2c1cnn2-c1ccccc1)C1CC1. The number of hydrogen-bond donors (Lipinski definition) is 2. The van der Waals surface area contributed by atoms with Crippen LogP contribution in [-0.2, 0) is 0 Å². The molecule has 0 amide bonds. The Morgan fingerprint density at radius 2 is 2.05 bits per heavy atom. The highest BCUT2D eigenvalue weighted by Gasteiger charge is 2.29. The second kappa shape index (κ2) is 5.38. The molecule has 1 aliphatic rings. The highest BCUT2D eigenvalue weighted by molar-refractivity contribution is 5.87. The minimum atomic E-state index is -0.311. The molecule has 1 saturated carbocycles. The van der Waals surface area contributed by atoms with Gasteiger partial charge in [0.05, 0.1) is 23.4 Å². The maximum Gasteiger partial charge on any atom is 0.168 e. The van der Waals surface area contributed by atoms with Crippen LogP contribution >= 0.6 is 0 Å². The average Bonchev–Trinajstić information content (AvgIpc) is 3.32. The molecule has 0 bridgehead atoms. The summed E-state index contributed by atoms with van der Waals surface area (Å²) in [7, 11) is 0. The van der Waals surface area contributed by atoms with Crippen molar-refractivity contribution in [3.05, 3.63) is 42.9 Å². The number of fused-ring (bicyclic) bond motifs is 1. The van der Waals surface area contributed by atoms with Crippen LogP contribution < -0.4 is 5.32 Å². The normalized spacial score (nSPS) is 15.9. The Morgan fingerprint density at radius 1 is 1.23 bits per heavy atom. The molecule has 3 aromatic rings. The number of para-hydroxylation sites is 1. The van der Waals surface area contributed by atoms with Crippen molar-refractivity contribution in [2.24, 2.45) is 5.92 Å². The van der Waals surface area contributed by atoms with Gasteiger partial charge in [0.1, 0.15) is 12.1 Å². The summed E-state index contributed by atoms with van der Waals surface area (Å²) in [5.41, 5.74) is 1.71. The van der Waals surface area contributed by atoms with Crippen LogP contribution in [0, 0.1) is 5.92 Å². The topological polar surface area (TPSA) is 75.9 Å². The number of anilines is 1. The molecular weight excluding hydrogens is 278 g/mol. The van der Waals surface area contributed by atoms with Gasteiger partial charge in [0.2, 0.25) is 0 Å². The van der Waals surface area contributed by atoms with E-state index in [1.54, 1.807) is 10.9 Å². The monoisotopic (exact) mass is 295 g/mol. The van der Waals surface area contributed by atoms with E-state index < -0.39 is 0 Å². The molecule has 0 spiro atoms. The van der Waals surface area contributed by atoms with Crippen LogP contribution in [0.1, 0.15) is 12.8 Å². The van der Waals surface area contributed by atoms with Crippen molar-refractivity contribution < 1.29 is 5.11 Å². The molecule has 2 N–H and O–H groups in total. The number of aliphatic hydroxyl groups excluding tert-OH is 1. The lowest BCUT2D eigenvalue weighted by molar-refractivity contribution is 0.164. The highest BCUT2D eigenvalue weighted by atomic mass is 16.3. The van der Waals surface area contributed by atoms with E-state index in [0.29, 0.717) is 18.3 Å². The fourth-order valence-electron chi connectivity index (χ4n) is 2.59. The third-order valence-corrected chi connectivity index (χ3v) is 4.01. The molecule has 0 radical (unpaired) electrons. The number of rotatable bonds is 5. The maximum atomic E-state index is 9.98. The summed E-state index contributed by atoms with van der Waals surface area (Å²) < 4.78 is 1.79. The smallest absolute Gasteiger partial charge is 0.168 e. The van der Waals surface area contributed by atoms with Crippen LogP contribution in [0.15, 0.2) is 42.9 Å². The van der Waals surface area contributed by atoms with E-state index in [1.807, 2.05) is 30.3 Å². The number of nitrogens with one attached hydrogen (secondary N) is 1. The first kappa shape index (κ1) is 13.2. The summed E-state index contributed by atoms with van der Waals surface area (Å²) in [6.45, 7) is 0.507. The molecule has 1 atom stereocenters. The van der Waals surface area contributed by atoms with Gasteiger partial charge in [-0.05, 0) is 30.9 Å². The van der Waals surface area contributed by atoms with Crippen molar-refractivity contribution in [2.45, 2.75) is 18.9 Å². The number of aliphatic hydroxyl groups is 1. The number of hydrogen-bond acceptors (Lipinski definition) is 5. The van der Waals surface area contributed by atoms with Crippen LogP contribution in [0.5, 0.6) is 0 Å². The fourth-order valence-corrected chi connectivity index (χ4v) is 2.59. The van der Waals surface area contributed by atoms with Gasteiger partial charge in [-0.2, -0.15) is 5.10 Å². The van der Waals surface area contributed by atoms with Crippen molar-refractivity contribution >= 4 is 16.9 Å².